The molecule has 0 unspecified atom stereocenters. The Morgan fingerprint density at radius 3 is 3.20 bits per heavy atom. The summed E-state index contributed by atoms with van der Waals surface area (Å²) in [5, 5.41) is 4.43. The lowest BCUT2D eigenvalue weighted by atomic mass is 10.5. The summed E-state index contributed by atoms with van der Waals surface area (Å²) < 4.78 is 1.63. The Hall–Kier alpha value is -1.09. The van der Waals surface area contributed by atoms with E-state index in [0.29, 0.717) is 5.15 Å². The number of aromatic nitrogens is 3. The van der Waals surface area contributed by atoms with Gasteiger partial charge >= 0.3 is 0 Å². The third-order valence-electron chi connectivity index (χ3n) is 1.24. The van der Waals surface area contributed by atoms with E-state index in [9.17, 15) is 0 Å². The highest BCUT2D eigenvalue weighted by atomic mass is 35.5. The van der Waals surface area contributed by atoms with Crippen molar-refractivity contribution in [2.24, 2.45) is 0 Å². The number of hydrogen-bond donors (Lipinski definition) is 0. The van der Waals surface area contributed by atoms with Crippen LogP contribution in [-0.2, 0) is 0 Å². The van der Waals surface area contributed by atoms with Crippen molar-refractivity contribution in [3.63, 3.8) is 0 Å². The van der Waals surface area contributed by atoms with E-state index in [1.165, 1.54) is 0 Å². The van der Waals surface area contributed by atoms with Gasteiger partial charge in [-0.15, -0.1) is 0 Å². The van der Waals surface area contributed by atoms with Gasteiger partial charge in [-0.3, -0.25) is 0 Å². The lowest BCUT2D eigenvalue weighted by molar-refractivity contribution is 0.927. The van der Waals surface area contributed by atoms with Crippen LogP contribution in [0.25, 0.3) is 5.52 Å². The van der Waals surface area contributed by atoms with Gasteiger partial charge in [0.1, 0.15) is 11.5 Å². The van der Waals surface area contributed by atoms with E-state index in [-0.39, 0.29) is 0 Å². The summed E-state index contributed by atoms with van der Waals surface area (Å²) >= 11 is 5.62. The zero-order valence-electron chi connectivity index (χ0n) is 5.03. The largest absolute Gasteiger partial charge is 0.243 e. The van der Waals surface area contributed by atoms with Crippen LogP contribution in [0.3, 0.4) is 0 Å². The SMILES string of the molecule is Clc1ccc2cncn2n1. The Bertz CT molecular complexity index is 355. The third kappa shape index (κ3) is 0.752. The smallest absolute Gasteiger partial charge is 0.150 e. The fourth-order valence-corrected chi connectivity index (χ4v) is 0.936. The predicted molar refractivity (Wildman–Crippen MR) is 38.0 cm³/mol. The molecule has 0 radical (unpaired) electrons. The van der Waals surface area contributed by atoms with Crippen LogP contribution in [0.2, 0.25) is 5.15 Å². The second kappa shape index (κ2) is 1.95. The minimum atomic E-state index is 0.477. The number of rotatable bonds is 0. The minimum Gasteiger partial charge on any atom is -0.243 e. The lowest BCUT2D eigenvalue weighted by Crippen LogP contribution is -1.87. The quantitative estimate of drug-likeness (QED) is 0.573. The zero-order chi connectivity index (χ0) is 6.97. The second-order valence-electron chi connectivity index (χ2n) is 1.92. The monoisotopic (exact) mass is 153 g/mol. The van der Waals surface area contributed by atoms with E-state index in [2.05, 4.69) is 10.1 Å². The fourth-order valence-electron chi connectivity index (χ4n) is 0.792. The zero-order valence-corrected chi connectivity index (χ0v) is 5.78. The van der Waals surface area contributed by atoms with E-state index in [1.54, 1.807) is 23.1 Å². The third-order valence-corrected chi connectivity index (χ3v) is 1.44. The maximum absolute atomic E-state index is 5.62. The van der Waals surface area contributed by atoms with Crippen molar-refractivity contribution in [3.8, 4) is 0 Å². The fraction of sp³-hybridized carbons (Fsp3) is 0. The molecule has 0 N–H and O–H groups in total. The van der Waals surface area contributed by atoms with Crippen molar-refractivity contribution in [1.82, 2.24) is 14.6 Å². The lowest BCUT2D eigenvalue weighted by Gasteiger charge is -1.90. The summed E-state index contributed by atoms with van der Waals surface area (Å²) in [7, 11) is 0. The van der Waals surface area contributed by atoms with E-state index < -0.39 is 0 Å². The van der Waals surface area contributed by atoms with Crippen LogP contribution < -0.4 is 0 Å². The highest BCUT2D eigenvalue weighted by Gasteiger charge is 1.92. The Labute approximate surface area is 62.3 Å². The van der Waals surface area contributed by atoms with E-state index in [0.717, 1.165) is 5.52 Å². The molecule has 0 saturated heterocycles. The summed E-state index contributed by atoms with van der Waals surface area (Å²) in [5.41, 5.74) is 0.949. The standard InChI is InChI=1S/C6H4ClN3/c7-6-2-1-5-3-8-4-10(5)9-6/h1-4H. The first kappa shape index (κ1) is 5.68. The summed E-state index contributed by atoms with van der Waals surface area (Å²) in [6.45, 7) is 0. The average Bonchev–Trinajstić information content (AvgIpc) is 2.33. The first-order chi connectivity index (χ1) is 4.86. The van der Waals surface area contributed by atoms with Gasteiger partial charge in [-0.05, 0) is 12.1 Å². The topological polar surface area (TPSA) is 30.2 Å². The molecule has 0 spiro atoms. The molecule has 0 amide bonds. The molecule has 3 nitrogen and oxygen atoms in total. The molecule has 0 aromatic carbocycles. The summed E-state index contributed by atoms with van der Waals surface area (Å²) in [4.78, 5) is 3.88. The molecule has 2 aromatic heterocycles. The highest BCUT2D eigenvalue weighted by Crippen LogP contribution is 2.05. The maximum Gasteiger partial charge on any atom is 0.150 e. The van der Waals surface area contributed by atoms with Gasteiger partial charge in [0.15, 0.2) is 0 Å². The van der Waals surface area contributed by atoms with Crippen LogP contribution in [0.4, 0.5) is 0 Å². The van der Waals surface area contributed by atoms with E-state index >= 15 is 0 Å². The molecule has 0 aliphatic carbocycles. The van der Waals surface area contributed by atoms with Gasteiger partial charge in [-0.25, -0.2) is 9.50 Å². The molecule has 2 heterocycles. The molecule has 0 saturated carbocycles. The number of hydrogen-bond acceptors (Lipinski definition) is 2. The van der Waals surface area contributed by atoms with Crippen molar-refractivity contribution < 1.29 is 0 Å². The van der Waals surface area contributed by atoms with Gasteiger partial charge in [0, 0.05) is 0 Å². The molecular formula is C6H4ClN3. The Morgan fingerprint density at radius 2 is 2.30 bits per heavy atom. The molecule has 2 rings (SSSR count). The predicted octanol–water partition coefficient (Wildman–Crippen LogP) is 1.38. The molecule has 0 aliphatic rings. The summed E-state index contributed by atoms with van der Waals surface area (Å²) in [5.74, 6) is 0. The second-order valence-corrected chi connectivity index (χ2v) is 2.31. The van der Waals surface area contributed by atoms with Gasteiger partial charge in [0.2, 0.25) is 0 Å². The van der Waals surface area contributed by atoms with Crippen molar-refractivity contribution in [2.75, 3.05) is 0 Å². The van der Waals surface area contributed by atoms with Gasteiger partial charge in [0.05, 0.1) is 11.7 Å². The van der Waals surface area contributed by atoms with Gasteiger partial charge in [-0.2, -0.15) is 5.10 Å². The van der Waals surface area contributed by atoms with Crippen molar-refractivity contribution in [1.29, 1.82) is 0 Å². The van der Waals surface area contributed by atoms with Crippen LogP contribution in [0, 0.1) is 0 Å². The van der Waals surface area contributed by atoms with Gasteiger partial charge < -0.3 is 0 Å². The molecule has 0 fully saturated rings. The number of imidazole rings is 1. The van der Waals surface area contributed by atoms with Crippen LogP contribution in [-0.4, -0.2) is 14.6 Å². The van der Waals surface area contributed by atoms with Crippen LogP contribution in [0.15, 0.2) is 24.7 Å². The Kier molecular flexibility index (Phi) is 1.11. The molecule has 10 heavy (non-hydrogen) atoms. The van der Waals surface area contributed by atoms with E-state index in [1.807, 2.05) is 6.07 Å². The van der Waals surface area contributed by atoms with Crippen LogP contribution in [0.5, 0.6) is 0 Å². The first-order valence-electron chi connectivity index (χ1n) is 2.81. The molecule has 0 atom stereocenters. The summed E-state index contributed by atoms with van der Waals surface area (Å²) in [6.07, 6.45) is 3.34. The normalized spacial score (nSPS) is 10.5. The van der Waals surface area contributed by atoms with Crippen molar-refractivity contribution >= 4 is 17.1 Å². The average molecular weight is 154 g/mol. The molecular weight excluding hydrogens is 150 g/mol. The highest BCUT2D eigenvalue weighted by molar-refractivity contribution is 6.29. The molecule has 50 valence electrons. The van der Waals surface area contributed by atoms with Crippen LogP contribution in [0.1, 0.15) is 0 Å². The van der Waals surface area contributed by atoms with Crippen LogP contribution >= 0.6 is 11.6 Å². The maximum atomic E-state index is 5.62. The first-order valence-corrected chi connectivity index (χ1v) is 3.19. The van der Waals surface area contributed by atoms with Gasteiger partial charge in [-0.1, -0.05) is 11.6 Å². The number of fused-ring (bicyclic) bond motifs is 1. The Balaban J connectivity index is 2.86. The van der Waals surface area contributed by atoms with Crippen molar-refractivity contribution in [3.05, 3.63) is 29.8 Å². The van der Waals surface area contributed by atoms with E-state index in [4.69, 9.17) is 11.6 Å². The number of halogens is 1. The Morgan fingerprint density at radius 1 is 1.40 bits per heavy atom. The summed E-state index contributed by atoms with van der Waals surface area (Å²) in [6, 6.07) is 3.60. The minimum absolute atomic E-state index is 0.477. The molecule has 4 heteroatoms. The molecule has 0 aliphatic heterocycles. The van der Waals surface area contributed by atoms with Crippen molar-refractivity contribution in [2.45, 2.75) is 0 Å². The van der Waals surface area contributed by atoms with Gasteiger partial charge in [0.25, 0.3) is 0 Å². The molecule has 2 aromatic rings. The number of nitrogens with zero attached hydrogens (tertiary/aromatic N) is 3. The molecule has 0 bridgehead atoms.